The maximum atomic E-state index is 12.7. The molecule has 0 atom stereocenters. The molecule has 8 rings (SSSR count). The number of benzene rings is 7. The van der Waals surface area contributed by atoms with E-state index in [0.29, 0.717) is 30.8 Å². The zero-order chi connectivity index (χ0) is 47.3. The maximum Gasteiger partial charge on any atom is 0.407 e. The third kappa shape index (κ3) is 14.3. The first kappa shape index (κ1) is 48.1. The van der Waals surface area contributed by atoms with Crippen molar-refractivity contribution in [1.82, 2.24) is 15.5 Å². The van der Waals surface area contributed by atoms with Gasteiger partial charge in [0.2, 0.25) is 0 Å². The van der Waals surface area contributed by atoms with Crippen LogP contribution in [0.2, 0.25) is 0 Å². The van der Waals surface area contributed by atoms with Gasteiger partial charge in [-0.15, -0.1) is 0 Å². The molecule has 0 saturated carbocycles. The molecule has 0 fully saturated rings. The fourth-order valence-electron chi connectivity index (χ4n) is 7.82. The van der Waals surface area contributed by atoms with E-state index >= 15 is 0 Å². The number of aliphatic hydroxyl groups excluding tert-OH is 1. The Morgan fingerprint density at radius 1 is 0.426 bits per heavy atom. The molecule has 1 heterocycles. The molecule has 0 bridgehead atoms. The van der Waals surface area contributed by atoms with E-state index in [9.17, 15) is 19.2 Å². The van der Waals surface area contributed by atoms with Gasteiger partial charge in [-0.2, -0.15) is 0 Å². The molecule has 0 aliphatic carbocycles. The lowest BCUT2D eigenvalue weighted by molar-refractivity contribution is 0.0642. The summed E-state index contributed by atoms with van der Waals surface area (Å²) in [7, 11) is 0. The highest BCUT2D eigenvalue weighted by atomic mass is 16.6. The van der Waals surface area contributed by atoms with Crippen molar-refractivity contribution in [3.05, 3.63) is 226 Å². The molecule has 0 aromatic heterocycles. The summed E-state index contributed by atoms with van der Waals surface area (Å²) < 4.78 is 10.5. The van der Waals surface area contributed by atoms with Crippen LogP contribution in [0.4, 0.5) is 9.59 Å². The minimum Gasteiger partial charge on any atom is -0.445 e. The lowest BCUT2D eigenvalue weighted by atomic mass is 9.99. The van der Waals surface area contributed by atoms with Crippen molar-refractivity contribution in [2.24, 2.45) is 0 Å². The molecule has 1 aliphatic rings. The summed E-state index contributed by atoms with van der Waals surface area (Å²) in [6, 6.07) is 59.1. The number of nitrogens with zero attached hydrogens (tertiary/aromatic N) is 1. The van der Waals surface area contributed by atoms with Gasteiger partial charge in [0.15, 0.2) is 0 Å². The Morgan fingerprint density at radius 3 is 1.28 bits per heavy atom. The van der Waals surface area contributed by atoms with E-state index in [4.69, 9.17) is 14.6 Å². The lowest BCUT2D eigenvalue weighted by Gasteiger charge is -2.14. The normalized spacial score (nSPS) is 11.6. The summed E-state index contributed by atoms with van der Waals surface area (Å²) in [5, 5.41) is 14.8. The first-order valence-corrected chi connectivity index (χ1v) is 23.1. The quantitative estimate of drug-likeness (QED) is 0.0543. The second-order valence-corrected chi connectivity index (χ2v) is 16.6. The molecule has 4 amide bonds. The highest BCUT2D eigenvalue weighted by molar-refractivity contribution is 6.21. The molecule has 68 heavy (non-hydrogen) atoms. The van der Waals surface area contributed by atoms with E-state index < -0.39 is 6.09 Å². The zero-order valence-electron chi connectivity index (χ0n) is 38.1. The third-order valence-electron chi connectivity index (χ3n) is 11.6. The molecule has 346 valence electrons. The van der Waals surface area contributed by atoms with Gasteiger partial charge in [0.05, 0.1) is 24.3 Å². The van der Waals surface area contributed by atoms with Crippen LogP contribution in [0.5, 0.6) is 0 Å². The Hall–Kier alpha value is -7.82. The number of aryl methyl sites for hydroxylation is 2. The number of hydrogen-bond acceptors (Lipinski definition) is 7. The number of aliphatic hydroxyl groups is 1. The predicted molar refractivity (Wildman–Crippen MR) is 265 cm³/mol. The van der Waals surface area contributed by atoms with Crippen LogP contribution >= 0.6 is 0 Å². The van der Waals surface area contributed by atoms with Crippen LogP contribution in [-0.4, -0.2) is 47.1 Å². The van der Waals surface area contributed by atoms with Gasteiger partial charge in [0, 0.05) is 13.1 Å². The van der Waals surface area contributed by atoms with Gasteiger partial charge >= 0.3 is 12.2 Å². The predicted octanol–water partition coefficient (Wildman–Crippen LogP) is 11.5. The highest BCUT2D eigenvalue weighted by Crippen LogP contribution is 2.27. The summed E-state index contributed by atoms with van der Waals surface area (Å²) in [6.07, 6.45) is 4.80. The third-order valence-corrected chi connectivity index (χ3v) is 11.6. The average molecular weight is 908 g/mol. The molecular weight excluding hydrogens is 851 g/mol. The van der Waals surface area contributed by atoms with E-state index in [0.717, 1.165) is 77.5 Å². The summed E-state index contributed by atoms with van der Waals surface area (Å²) in [5.74, 6) is -0.488. The topological polar surface area (TPSA) is 134 Å². The minimum atomic E-state index is -0.396. The Labute approximate surface area is 398 Å². The van der Waals surface area contributed by atoms with Crippen molar-refractivity contribution in [3.63, 3.8) is 0 Å². The smallest absolute Gasteiger partial charge is 0.407 e. The second-order valence-electron chi connectivity index (χ2n) is 16.6. The number of fused-ring (bicyclic) bond motifs is 1. The molecule has 0 saturated heterocycles. The SMILES string of the molecule is O=C(NCCCCc1cccc(-c2ccc(CN3C(=O)c4ccccc4C3=O)cc2)c1)OCc1ccccc1.O=C(NCCCCc1cccc(-c2ccc(CO)cc2)c1)OCc1ccccc1. The standard InChI is InChI=1S/C33H30N2O4.C25H27NO3/c36-31-29-14-4-5-15-30(29)32(37)35(31)22-25-16-18-27(19-17-25)28-13-8-12-24(21-28)9-6-7-20-34-33(38)39-23-26-10-2-1-3-11-26;27-18-21-12-14-23(15-13-21)24-11-6-10-20(17-24)7-4-5-16-26-25(28)29-19-22-8-2-1-3-9-22/h1-5,8,10-19,21H,6-7,9,20,22-23H2,(H,34,38);1-3,6,8-15,17,27H,4-5,7,16,18-19H2,(H,26,28). The van der Waals surface area contributed by atoms with Crippen molar-refractivity contribution in [1.29, 1.82) is 0 Å². The van der Waals surface area contributed by atoms with Gasteiger partial charge in [-0.3, -0.25) is 14.5 Å². The van der Waals surface area contributed by atoms with E-state index in [-0.39, 0.29) is 37.7 Å². The number of ether oxygens (including phenoxy) is 2. The second kappa shape index (κ2) is 25.2. The van der Waals surface area contributed by atoms with Gasteiger partial charge in [-0.05, 0) is 106 Å². The maximum absolute atomic E-state index is 12.7. The van der Waals surface area contributed by atoms with Crippen LogP contribution in [-0.2, 0) is 48.7 Å². The number of hydrogen-bond donors (Lipinski definition) is 3. The van der Waals surface area contributed by atoms with Crippen molar-refractivity contribution >= 4 is 24.0 Å². The number of unbranched alkanes of at least 4 members (excludes halogenated alkanes) is 2. The summed E-state index contributed by atoms with van der Waals surface area (Å²) in [6.45, 7) is 2.05. The molecule has 7 aromatic rings. The van der Waals surface area contributed by atoms with E-state index in [1.807, 2.05) is 109 Å². The first-order valence-electron chi connectivity index (χ1n) is 23.1. The van der Waals surface area contributed by atoms with E-state index in [2.05, 4.69) is 59.2 Å². The minimum absolute atomic E-state index is 0.0636. The van der Waals surface area contributed by atoms with Crippen LogP contribution < -0.4 is 10.6 Å². The number of alkyl carbamates (subject to hydrolysis) is 2. The van der Waals surface area contributed by atoms with Crippen molar-refractivity contribution in [3.8, 4) is 22.3 Å². The fraction of sp³-hybridized carbons (Fsp3) is 0.207. The number of carbonyl (C=O) groups is 4. The molecule has 0 radical (unpaired) electrons. The van der Waals surface area contributed by atoms with Crippen LogP contribution in [0, 0.1) is 0 Å². The Bertz CT molecular complexity index is 2690. The molecule has 0 unspecified atom stereocenters. The van der Waals surface area contributed by atoms with Crippen molar-refractivity contribution in [2.45, 2.75) is 64.9 Å². The van der Waals surface area contributed by atoms with E-state index in [1.54, 1.807) is 24.3 Å². The fourth-order valence-corrected chi connectivity index (χ4v) is 7.82. The molecule has 10 nitrogen and oxygen atoms in total. The molecule has 10 heteroatoms. The van der Waals surface area contributed by atoms with Crippen LogP contribution in [0.1, 0.15) is 79.8 Å². The monoisotopic (exact) mass is 907 g/mol. The summed E-state index contributed by atoms with van der Waals surface area (Å²) in [4.78, 5) is 50.3. The highest BCUT2D eigenvalue weighted by Gasteiger charge is 2.34. The van der Waals surface area contributed by atoms with Gasteiger partial charge in [0.1, 0.15) is 13.2 Å². The van der Waals surface area contributed by atoms with Gasteiger partial charge in [-0.1, -0.05) is 170 Å². The van der Waals surface area contributed by atoms with Gasteiger partial charge in [0.25, 0.3) is 11.8 Å². The van der Waals surface area contributed by atoms with Gasteiger partial charge < -0.3 is 25.2 Å². The molecule has 0 spiro atoms. The van der Waals surface area contributed by atoms with Crippen LogP contribution in [0.3, 0.4) is 0 Å². The average Bonchev–Trinajstić information content (AvgIpc) is 3.63. The molecule has 3 N–H and O–H groups in total. The summed E-state index contributed by atoms with van der Waals surface area (Å²) in [5.41, 5.74) is 11.7. The molecule has 1 aliphatic heterocycles. The Balaban J connectivity index is 0.000000211. The molecular formula is C58H57N3O7. The number of amides is 4. The lowest BCUT2D eigenvalue weighted by Crippen LogP contribution is -2.29. The number of nitrogens with one attached hydrogen (secondary N) is 2. The zero-order valence-corrected chi connectivity index (χ0v) is 38.1. The molecule has 7 aromatic carbocycles. The van der Waals surface area contributed by atoms with Crippen molar-refractivity contribution < 1.29 is 33.8 Å². The first-order chi connectivity index (χ1) is 33.3. The largest absolute Gasteiger partial charge is 0.445 e. The van der Waals surface area contributed by atoms with Crippen molar-refractivity contribution in [2.75, 3.05) is 13.1 Å². The van der Waals surface area contributed by atoms with Crippen LogP contribution in [0.25, 0.3) is 22.3 Å². The number of imide groups is 1. The van der Waals surface area contributed by atoms with Gasteiger partial charge in [-0.25, -0.2) is 9.59 Å². The summed E-state index contributed by atoms with van der Waals surface area (Å²) >= 11 is 0. The number of rotatable bonds is 19. The Morgan fingerprint density at radius 2 is 0.838 bits per heavy atom. The Kier molecular flexibility index (Phi) is 17.8. The van der Waals surface area contributed by atoms with Crippen LogP contribution in [0.15, 0.2) is 182 Å². The van der Waals surface area contributed by atoms with E-state index in [1.165, 1.54) is 21.6 Å². The number of carbonyl (C=O) groups excluding carboxylic acids is 4.